The van der Waals surface area contributed by atoms with Gasteiger partial charge in [0.15, 0.2) is 5.69 Å². The molecule has 0 radical (unpaired) electrons. The molecule has 112 valence electrons. The summed E-state index contributed by atoms with van der Waals surface area (Å²) in [5.74, 6) is 1.62. The Morgan fingerprint density at radius 2 is 2.29 bits per heavy atom. The topological polar surface area (TPSA) is 73.0 Å². The highest BCUT2D eigenvalue weighted by atomic mass is 16.5. The van der Waals surface area contributed by atoms with E-state index in [2.05, 4.69) is 20.0 Å². The molecule has 0 saturated carbocycles. The first-order valence-corrected chi connectivity index (χ1v) is 7.21. The van der Waals surface area contributed by atoms with Gasteiger partial charge in [0.2, 0.25) is 0 Å². The van der Waals surface area contributed by atoms with E-state index in [4.69, 9.17) is 4.52 Å². The van der Waals surface area contributed by atoms with Gasteiger partial charge in [-0.15, -0.1) is 0 Å². The Balaban J connectivity index is 1.66. The first-order chi connectivity index (χ1) is 9.93. The van der Waals surface area contributed by atoms with Gasteiger partial charge in [-0.25, -0.2) is 4.98 Å². The van der Waals surface area contributed by atoms with Crippen molar-refractivity contribution >= 4 is 5.91 Å². The average Bonchev–Trinajstić information content (AvgIpc) is 3.06. The second-order valence-corrected chi connectivity index (χ2v) is 6.53. The Kier molecular flexibility index (Phi) is 3.31. The van der Waals surface area contributed by atoms with Gasteiger partial charge >= 0.3 is 0 Å². The minimum atomic E-state index is -0.178. The minimum Gasteiger partial charge on any atom is -0.360 e. The third kappa shape index (κ3) is 2.84. The molecule has 0 aromatic carbocycles. The van der Waals surface area contributed by atoms with E-state index in [-0.39, 0.29) is 17.4 Å². The van der Waals surface area contributed by atoms with Crippen molar-refractivity contribution in [2.45, 2.75) is 51.6 Å². The number of aromatic nitrogens is 3. The van der Waals surface area contributed by atoms with Crippen molar-refractivity contribution in [1.29, 1.82) is 0 Å². The number of carbonyl (C=O) groups is 1. The van der Waals surface area contributed by atoms with E-state index < -0.39 is 0 Å². The summed E-state index contributed by atoms with van der Waals surface area (Å²) in [4.78, 5) is 16.5. The van der Waals surface area contributed by atoms with Gasteiger partial charge in [0.05, 0.1) is 0 Å². The van der Waals surface area contributed by atoms with Gasteiger partial charge < -0.3 is 14.4 Å². The standard InChI is InChI=1S/C15H20N4O2/c1-15(2,3)12-8-11(18-21-12)14(20)17-10-4-5-13-16-6-7-19(13)9-10/h6-8,10H,4-5,9H2,1-3H3,(H,17,20)/t10-/m0/s1. The van der Waals surface area contributed by atoms with Crippen molar-refractivity contribution in [2.24, 2.45) is 0 Å². The quantitative estimate of drug-likeness (QED) is 0.916. The maximum atomic E-state index is 12.2. The Hall–Kier alpha value is -2.11. The molecule has 3 heterocycles. The lowest BCUT2D eigenvalue weighted by Gasteiger charge is -2.24. The van der Waals surface area contributed by atoms with Crippen molar-refractivity contribution in [3.63, 3.8) is 0 Å². The summed E-state index contributed by atoms with van der Waals surface area (Å²) in [7, 11) is 0. The van der Waals surface area contributed by atoms with Crippen LogP contribution in [0.25, 0.3) is 0 Å². The molecule has 0 saturated heterocycles. The monoisotopic (exact) mass is 288 g/mol. The normalized spacial score (nSPS) is 18.3. The third-order valence-corrected chi connectivity index (χ3v) is 3.75. The lowest BCUT2D eigenvalue weighted by atomic mass is 9.93. The molecule has 2 aromatic heterocycles. The maximum Gasteiger partial charge on any atom is 0.273 e. The SMILES string of the molecule is CC(C)(C)c1cc(C(=O)N[C@H]2CCc3nccn3C2)no1. The summed E-state index contributed by atoms with van der Waals surface area (Å²) in [5.41, 5.74) is 0.193. The minimum absolute atomic E-state index is 0.106. The molecule has 0 aliphatic carbocycles. The van der Waals surface area contributed by atoms with Gasteiger partial charge in [0, 0.05) is 42.9 Å². The van der Waals surface area contributed by atoms with Crippen LogP contribution < -0.4 is 5.32 Å². The van der Waals surface area contributed by atoms with Crippen molar-refractivity contribution in [3.8, 4) is 0 Å². The van der Waals surface area contributed by atoms with Gasteiger partial charge in [-0.05, 0) is 6.42 Å². The highest BCUT2D eigenvalue weighted by molar-refractivity contribution is 5.92. The van der Waals surface area contributed by atoms with Crippen molar-refractivity contribution in [2.75, 3.05) is 0 Å². The number of hydrogen-bond donors (Lipinski definition) is 1. The molecule has 1 amide bonds. The summed E-state index contributed by atoms with van der Waals surface area (Å²) in [6, 6.07) is 1.83. The molecule has 3 rings (SSSR count). The third-order valence-electron chi connectivity index (χ3n) is 3.75. The zero-order valence-electron chi connectivity index (χ0n) is 12.6. The number of fused-ring (bicyclic) bond motifs is 1. The fourth-order valence-corrected chi connectivity index (χ4v) is 2.48. The molecule has 1 N–H and O–H groups in total. The highest BCUT2D eigenvalue weighted by Gasteiger charge is 2.25. The van der Waals surface area contributed by atoms with Gasteiger partial charge in [0.25, 0.3) is 5.91 Å². The molecule has 0 unspecified atom stereocenters. The summed E-state index contributed by atoms with van der Waals surface area (Å²) in [5, 5.41) is 6.90. The predicted molar refractivity (Wildman–Crippen MR) is 77.0 cm³/mol. The molecule has 0 fully saturated rings. The number of imidazole rings is 1. The second kappa shape index (κ2) is 5.02. The van der Waals surface area contributed by atoms with Crippen LogP contribution in [0, 0.1) is 0 Å². The summed E-state index contributed by atoms with van der Waals surface area (Å²) >= 11 is 0. The fourth-order valence-electron chi connectivity index (χ4n) is 2.48. The molecule has 1 aliphatic rings. The van der Waals surface area contributed by atoms with Crippen LogP contribution in [0.1, 0.15) is 49.3 Å². The van der Waals surface area contributed by atoms with Crippen LogP contribution in [-0.4, -0.2) is 26.7 Å². The molecule has 0 bridgehead atoms. The second-order valence-electron chi connectivity index (χ2n) is 6.53. The molecular weight excluding hydrogens is 268 g/mol. The average molecular weight is 288 g/mol. The number of carbonyl (C=O) groups excluding carboxylic acids is 1. The van der Waals surface area contributed by atoms with Gasteiger partial charge in [-0.3, -0.25) is 4.79 Å². The number of aryl methyl sites for hydroxylation is 1. The number of rotatable bonds is 2. The van der Waals surface area contributed by atoms with E-state index >= 15 is 0 Å². The lowest BCUT2D eigenvalue weighted by molar-refractivity contribution is 0.0918. The van der Waals surface area contributed by atoms with E-state index in [9.17, 15) is 4.79 Å². The number of nitrogens with one attached hydrogen (secondary N) is 1. The summed E-state index contributed by atoms with van der Waals surface area (Å²) < 4.78 is 7.34. The maximum absolute atomic E-state index is 12.2. The Bertz CT molecular complexity index is 651. The number of amides is 1. The molecular formula is C15H20N4O2. The van der Waals surface area contributed by atoms with Gasteiger partial charge in [0.1, 0.15) is 11.6 Å². The molecule has 21 heavy (non-hydrogen) atoms. The first kappa shape index (κ1) is 13.9. The summed E-state index contributed by atoms with van der Waals surface area (Å²) in [6.07, 6.45) is 5.52. The van der Waals surface area contributed by atoms with Crippen molar-refractivity contribution in [3.05, 3.63) is 35.7 Å². The number of nitrogens with zero attached hydrogens (tertiary/aromatic N) is 3. The van der Waals surface area contributed by atoms with Gasteiger partial charge in [-0.2, -0.15) is 0 Å². The fraction of sp³-hybridized carbons (Fsp3) is 0.533. The zero-order valence-corrected chi connectivity index (χ0v) is 12.6. The van der Waals surface area contributed by atoms with E-state index in [0.717, 1.165) is 25.2 Å². The smallest absolute Gasteiger partial charge is 0.273 e. The summed E-state index contributed by atoms with van der Waals surface area (Å²) in [6.45, 7) is 6.83. The molecule has 1 atom stereocenters. The Morgan fingerprint density at radius 1 is 1.48 bits per heavy atom. The van der Waals surface area contributed by atoms with Crippen molar-refractivity contribution in [1.82, 2.24) is 20.0 Å². The van der Waals surface area contributed by atoms with E-state index in [0.29, 0.717) is 11.5 Å². The molecule has 2 aromatic rings. The van der Waals surface area contributed by atoms with Crippen LogP contribution in [0.5, 0.6) is 0 Å². The highest BCUT2D eigenvalue weighted by Crippen LogP contribution is 2.22. The van der Waals surface area contributed by atoms with Crippen LogP contribution in [0.15, 0.2) is 23.0 Å². The first-order valence-electron chi connectivity index (χ1n) is 7.21. The molecule has 6 heteroatoms. The van der Waals surface area contributed by atoms with E-state index in [1.807, 2.05) is 27.0 Å². The van der Waals surface area contributed by atoms with Crippen LogP contribution in [0.2, 0.25) is 0 Å². The van der Waals surface area contributed by atoms with Crippen LogP contribution in [0.4, 0.5) is 0 Å². The molecule has 0 spiro atoms. The molecule has 6 nitrogen and oxygen atoms in total. The van der Waals surface area contributed by atoms with Crippen LogP contribution in [0.3, 0.4) is 0 Å². The lowest BCUT2D eigenvalue weighted by Crippen LogP contribution is -2.41. The van der Waals surface area contributed by atoms with E-state index in [1.54, 1.807) is 12.3 Å². The Morgan fingerprint density at radius 3 is 3.00 bits per heavy atom. The van der Waals surface area contributed by atoms with Crippen molar-refractivity contribution < 1.29 is 9.32 Å². The zero-order chi connectivity index (χ0) is 15.0. The predicted octanol–water partition coefficient (Wildman–Crippen LogP) is 1.91. The van der Waals surface area contributed by atoms with Crippen LogP contribution >= 0.6 is 0 Å². The molecule has 1 aliphatic heterocycles. The Labute approximate surface area is 123 Å². The van der Waals surface area contributed by atoms with Crippen LogP contribution in [-0.2, 0) is 18.4 Å². The largest absolute Gasteiger partial charge is 0.360 e. The van der Waals surface area contributed by atoms with Gasteiger partial charge in [-0.1, -0.05) is 25.9 Å². The van der Waals surface area contributed by atoms with E-state index in [1.165, 1.54) is 0 Å². The number of hydrogen-bond acceptors (Lipinski definition) is 4.